The van der Waals surface area contributed by atoms with Crippen molar-refractivity contribution in [3.63, 3.8) is 0 Å². The number of carbonyl (C=O) groups is 2. The number of furan rings is 1. The predicted octanol–water partition coefficient (Wildman–Crippen LogP) is 5.64. The lowest BCUT2D eigenvalue weighted by molar-refractivity contribution is -0.116. The maximum absolute atomic E-state index is 12.4. The van der Waals surface area contributed by atoms with Crippen molar-refractivity contribution in [1.82, 2.24) is 4.98 Å². The summed E-state index contributed by atoms with van der Waals surface area (Å²) < 4.78 is 6.71. The van der Waals surface area contributed by atoms with E-state index in [0.29, 0.717) is 23.5 Å². The van der Waals surface area contributed by atoms with Crippen LogP contribution in [0.3, 0.4) is 0 Å². The fraction of sp³-hybridized carbons (Fsp3) is 0.174. The van der Waals surface area contributed by atoms with Gasteiger partial charge in [-0.15, -0.1) is 11.3 Å². The number of para-hydroxylation sites is 1. The van der Waals surface area contributed by atoms with Gasteiger partial charge in [-0.2, -0.15) is 0 Å². The molecule has 2 aromatic carbocycles. The number of nitrogens with zero attached hydrogens (tertiary/aromatic N) is 1. The van der Waals surface area contributed by atoms with E-state index in [4.69, 9.17) is 4.42 Å². The van der Waals surface area contributed by atoms with Gasteiger partial charge >= 0.3 is 0 Å². The van der Waals surface area contributed by atoms with E-state index >= 15 is 0 Å². The Morgan fingerprint density at radius 1 is 1.10 bits per heavy atom. The second-order valence-corrected chi connectivity index (χ2v) is 7.89. The molecule has 0 fully saturated rings. The second-order valence-electron chi connectivity index (χ2n) is 6.85. The average Bonchev–Trinajstić information content (AvgIpc) is 3.30. The summed E-state index contributed by atoms with van der Waals surface area (Å²) in [6.07, 6.45) is 0.715. The molecule has 0 spiro atoms. The van der Waals surface area contributed by atoms with Crippen LogP contribution in [0.2, 0.25) is 0 Å². The number of nitrogens with one attached hydrogen (secondary N) is 1. The normalized spacial score (nSPS) is 11.0. The summed E-state index contributed by atoms with van der Waals surface area (Å²) in [5.41, 5.74) is 3.24. The molecule has 0 saturated carbocycles. The van der Waals surface area contributed by atoms with E-state index in [0.717, 1.165) is 26.5 Å². The Kier molecular flexibility index (Phi) is 5.27. The van der Waals surface area contributed by atoms with Crippen LogP contribution in [0.25, 0.3) is 20.8 Å². The molecule has 5 nitrogen and oxygen atoms in total. The summed E-state index contributed by atoms with van der Waals surface area (Å²) in [6.45, 7) is 3.26. The first-order chi connectivity index (χ1) is 14.0. The summed E-state index contributed by atoms with van der Waals surface area (Å²) in [7, 11) is 0. The van der Waals surface area contributed by atoms with Gasteiger partial charge in [0.25, 0.3) is 0 Å². The molecule has 2 heterocycles. The molecule has 0 radical (unpaired) electrons. The summed E-state index contributed by atoms with van der Waals surface area (Å²) >= 11 is 1.63. The van der Waals surface area contributed by atoms with Crippen LogP contribution in [0.1, 0.15) is 35.2 Å². The van der Waals surface area contributed by atoms with Crippen molar-refractivity contribution in [2.75, 3.05) is 5.32 Å². The lowest BCUT2D eigenvalue weighted by atomic mass is 10.1. The minimum atomic E-state index is -0.107. The fourth-order valence-electron chi connectivity index (χ4n) is 3.20. The van der Waals surface area contributed by atoms with Gasteiger partial charge in [0.05, 0.1) is 15.8 Å². The van der Waals surface area contributed by atoms with Crippen molar-refractivity contribution in [3.8, 4) is 10.6 Å². The van der Waals surface area contributed by atoms with Crippen LogP contribution in [0.5, 0.6) is 0 Å². The largest absolute Gasteiger partial charge is 0.466 e. The molecule has 4 rings (SSSR count). The molecule has 0 aliphatic rings. The molecule has 6 heteroatoms. The number of hydrogen-bond donors (Lipinski definition) is 1. The number of benzene rings is 2. The molecule has 146 valence electrons. The van der Waals surface area contributed by atoms with E-state index in [1.165, 1.54) is 6.92 Å². The van der Waals surface area contributed by atoms with Crippen LogP contribution >= 0.6 is 11.3 Å². The first-order valence-electron chi connectivity index (χ1n) is 9.36. The van der Waals surface area contributed by atoms with Gasteiger partial charge in [0.1, 0.15) is 16.5 Å². The second kappa shape index (κ2) is 8.01. The molecule has 2 aromatic heterocycles. The Morgan fingerprint density at radius 2 is 1.93 bits per heavy atom. The Hall–Kier alpha value is -3.25. The van der Waals surface area contributed by atoms with Gasteiger partial charge in [-0.1, -0.05) is 24.3 Å². The SMILES string of the molecule is CC(=O)c1cc(CCC(=O)Nc2cccc(-c3nc4ccccc4s3)c2)oc1C. The number of Topliss-reactive ketones (excluding diaryl/α,β-unsaturated/α-hetero) is 1. The maximum atomic E-state index is 12.4. The Labute approximate surface area is 172 Å². The van der Waals surface area contributed by atoms with Crippen LogP contribution < -0.4 is 5.32 Å². The number of ketones is 1. The molecular formula is C23H20N2O3S. The zero-order valence-corrected chi connectivity index (χ0v) is 17.0. The highest BCUT2D eigenvalue weighted by Gasteiger charge is 2.13. The van der Waals surface area contributed by atoms with Crippen molar-refractivity contribution < 1.29 is 14.0 Å². The number of aryl methyl sites for hydroxylation is 2. The standard InChI is InChI=1S/C23H20N2O3S/c1-14(26)19-13-18(28-15(19)2)10-11-22(27)24-17-7-5-6-16(12-17)23-25-20-8-3-4-9-21(20)29-23/h3-9,12-13H,10-11H2,1-2H3,(H,24,27). The van der Waals surface area contributed by atoms with Crippen molar-refractivity contribution >= 4 is 38.9 Å². The highest BCUT2D eigenvalue weighted by Crippen LogP contribution is 2.31. The summed E-state index contributed by atoms with van der Waals surface area (Å²) in [4.78, 5) is 28.6. The van der Waals surface area contributed by atoms with Crippen LogP contribution in [-0.2, 0) is 11.2 Å². The van der Waals surface area contributed by atoms with Crippen LogP contribution in [-0.4, -0.2) is 16.7 Å². The van der Waals surface area contributed by atoms with Crippen molar-refractivity contribution in [2.24, 2.45) is 0 Å². The molecule has 1 N–H and O–H groups in total. The van der Waals surface area contributed by atoms with E-state index in [2.05, 4.69) is 16.4 Å². The number of carbonyl (C=O) groups excluding carboxylic acids is 2. The molecule has 29 heavy (non-hydrogen) atoms. The molecule has 0 bridgehead atoms. The van der Waals surface area contributed by atoms with Crippen LogP contribution in [0.4, 0.5) is 5.69 Å². The first-order valence-corrected chi connectivity index (χ1v) is 10.2. The third kappa shape index (κ3) is 4.27. The number of hydrogen-bond acceptors (Lipinski definition) is 5. The monoisotopic (exact) mass is 404 g/mol. The highest BCUT2D eigenvalue weighted by molar-refractivity contribution is 7.21. The summed E-state index contributed by atoms with van der Waals surface area (Å²) in [5.74, 6) is 1.10. The number of anilines is 1. The third-order valence-corrected chi connectivity index (χ3v) is 5.72. The van der Waals surface area contributed by atoms with Crippen LogP contribution in [0.15, 0.2) is 59.0 Å². The lowest BCUT2D eigenvalue weighted by Gasteiger charge is -2.06. The average molecular weight is 404 g/mol. The van der Waals surface area contributed by atoms with E-state index in [9.17, 15) is 9.59 Å². The smallest absolute Gasteiger partial charge is 0.224 e. The lowest BCUT2D eigenvalue weighted by Crippen LogP contribution is -2.12. The minimum absolute atomic E-state index is 0.0337. The molecule has 4 aromatic rings. The van der Waals surface area contributed by atoms with Gasteiger partial charge in [0.2, 0.25) is 5.91 Å². The van der Waals surface area contributed by atoms with Crippen molar-refractivity contribution in [1.29, 1.82) is 0 Å². The molecule has 0 aliphatic heterocycles. The molecule has 0 aliphatic carbocycles. The molecule has 1 amide bonds. The molecule has 0 unspecified atom stereocenters. The van der Waals surface area contributed by atoms with Gasteiger partial charge in [-0.05, 0) is 44.2 Å². The third-order valence-electron chi connectivity index (χ3n) is 4.63. The Bertz CT molecular complexity index is 1170. The van der Waals surface area contributed by atoms with Crippen molar-refractivity contribution in [3.05, 3.63) is 71.7 Å². The van der Waals surface area contributed by atoms with Crippen molar-refractivity contribution in [2.45, 2.75) is 26.7 Å². The maximum Gasteiger partial charge on any atom is 0.224 e. The quantitative estimate of drug-likeness (QED) is 0.422. The number of aromatic nitrogens is 1. The Morgan fingerprint density at radius 3 is 2.69 bits per heavy atom. The minimum Gasteiger partial charge on any atom is -0.466 e. The van der Waals surface area contributed by atoms with Gasteiger partial charge in [0.15, 0.2) is 5.78 Å². The highest BCUT2D eigenvalue weighted by atomic mass is 32.1. The van der Waals surface area contributed by atoms with Gasteiger partial charge < -0.3 is 9.73 Å². The van der Waals surface area contributed by atoms with Gasteiger partial charge in [0, 0.05) is 24.1 Å². The number of thiazole rings is 1. The Balaban J connectivity index is 1.43. The van der Waals surface area contributed by atoms with E-state index in [1.807, 2.05) is 42.5 Å². The first kappa shape index (κ1) is 19.1. The van der Waals surface area contributed by atoms with E-state index in [1.54, 1.807) is 24.3 Å². The zero-order chi connectivity index (χ0) is 20.4. The molecule has 0 atom stereocenters. The summed E-state index contributed by atoms with van der Waals surface area (Å²) in [6, 6.07) is 17.4. The molecular weight excluding hydrogens is 384 g/mol. The number of fused-ring (bicyclic) bond motifs is 1. The van der Waals surface area contributed by atoms with Crippen LogP contribution in [0, 0.1) is 6.92 Å². The van der Waals surface area contributed by atoms with E-state index < -0.39 is 0 Å². The molecule has 0 saturated heterocycles. The topological polar surface area (TPSA) is 72.2 Å². The number of rotatable bonds is 6. The summed E-state index contributed by atoms with van der Waals surface area (Å²) in [5, 5.41) is 3.85. The van der Waals surface area contributed by atoms with Gasteiger partial charge in [-0.3, -0.25) is 9.59 Å². The zero-order valence-electron chi connectivity index (χ0n) is 16.2. The van der Waals surface area contributed by atoms with E-state index in [-0.39, 0.29) is 18.1 Å². The van der Waals surface area contributed by atoms with Gasteiger partial charge in [-0.25, -0.2) is 4.98 Å². The predicted molar refractivity (Wildman–Crippen MR) is 115 cm³/mol. The number of amides is 1. The fourth-order valence-corrected chi connectivity index (χ4v) is 4.16.